The average molecular weight is 459 g/mol. The van der Waals surface area contributed by atoms with E-state index in [1.54, 1.807) is 6.07 Å². The summed E-state index contributed by atoms with van der Waals surface area (Å²) in [5.74, 6) is -2.14. The van der Waals surface area contributed by atoms with E-state index in [1.807, 2.05) is 0 Å². The van der Waals surface area contributed by atoms with E-state index < -0.39 is 33.5 Å². The number of benzene rings is 2. The quantitative estimate of drug-likeness (QED) is 0.758. The Bertz CT molecular complexity index is 952. The van der Waals surface area contributed by atoms with Gasteiger partial charge in [-0.05, 0) is 55.3 Å². The van der Waals surface area contributed by atoms with E-state index in [9.17, 15) is 22.0 Å². The van der Waals surface area contributed by atoms with Gasteiger partial charge in [0.1, 0.15) is 11.6 Å². The highest BCUT2D eigenvalue weighted by molar-refractivity contribution is 9.10. The van der Waals surface area contributed by atoms with Crippen molar-refractivity contribution in [3.8, 4) is 0 Å². The number of halogens is 3. The molecule has 1 aliphatic heterocycles. The molecule has 3 rings (SSSR count). The summed E-state index contributed by atoms with van der Waals surface area (Å²) in [4.78, 5) is 12.5. The zero-order chi connectivity index (χ0) is 19.6. The standard InChI is InChI=1S/C18H17BrF2N2O3S/c19-13-3-8-17(16(21)10-13)22-18(24)12-2-1-9-23(11-12)27(25,26)15-6-4-14(20)5-7-15/h3-8,10,12H,1-2,9,11H2,(H,22,24)/t12-/m0/s1. The molecular formula is C18H17BrF2N2O3S. The van der Waals surface area contributed by atoms with Crippen LogP contribution in [0.2, 0.25) is 0 Å². The van der Waals surface area contributed by atoms with Gasteiger partial charge in [-0.15, -0.1) is 0 Å². The summed E-state index contributed by atoms with van der Waals surface area (Å²) in [6, 6.07) is 8.84. The molecule has 0 bridgehead atoms. The van der Waals surface area contributed by atoms with E-state index >= 15 is 0 Å². The molecule has 1 aliphatic rings. The van der Waals surface area contributed by atoms with Crippen molar-refractivity contribution in [2.24, 2.45) is 5.92 Å². The highest BCUT2D eigenvalue weighted by Crippen LogP contribution is 2.26. The van der Waals surface area contributed by atoms with E-state index in [-0.39, 0.29) is 23.7 Å². The lowest BCUT2D eigenvalue weighted by Gasteiger charge is -2.31. The number of hydrogen-bond donors (Lipinski definition) is 1. The van der Waals surface area contributed by atoms with Crippen LogP contribution >= 0.6 is 15.9 Å². The fourth-order valence-corrected chi connectivity index (χ4v) is 4.81. The first-order valence-corrected chi connectivity index (χ1v) is 10.5. The van der Waals surface area contributed by atoms with Crippen molar-refractivity contribution in [3.05, 3.63) is 58.6 Å². The number of piperidine rings is 1. The predicted octanol–water partition coefficient (Wildman–Crippen LogP) is 3.77. The molecule has 1 heterocycles. The lowest BCUT2D eigenvalue weighted by Crippen LogP contribution is -2.43. The van der Waals surface area contributed by atoms with Crippen LogP contribution in [0.3, 0.4) is 0 Å². The SMILES string of the molecule is O=C(Nc1ccc(Br)cc1F)[C@H]1CCCN(S(=O)(=O)c2ccc(F)cc2)C1. The second kappa shape index (κ2) is 8.04. The molecule has 1 fully saturated rings. The number of nitrogens with one attached hydrogen (secondary N) is 1. The number of anilines is 1. The van der Waals surface area contributed by atoms with Crippen LogP contribution in [-0.4, -0.2) is 31.7 Å². The van der Waals surface area contributed by atoms with Crippen molar-refractivity contribution in [1.29, 1.82) is 0 Å². The van der Waals surface area contributed by atoms with Gasteiger partial charge >= 0.3 is 0 Å². The lowest BCUT2D eigenvalue weighted by molar-refractivity contribution is -0.120. The van der Waals surface area contributed by atoms with Crippen molar-refractivity contribution in [1.82, 2.24) is 4.31 Å². The first-order valence-electron chi connectivity index (χ1n) is 8.29. The largest absolute Gasteiger partial charge is 0.323 e. The van der Waals surface area contributed by atoms with E-state index in [2.05, 4.69) is 21.2 Å². The van der Waals surface area contributed by atoms with Crippen molar-refractivity contribution in [2.45, 2.75) is 17.7 Å². The molecule has 2 aromatic rings. The zero-order valence-corrected chi connectivity index (χ0v) is 16.6. The summed E-state index contributed by atoms with van der Waals surface area (Å²) in [6.07, 6.45) is 1.00. The Balaban J connectivity index is 1.73. The molecule has 1 N–H and O–H groups in total. The fraction of sp³-hybridized carbons (Fsp3) is 0.278. The van der Waals surface area contributed by atoms with E-state index in [1.165, 1.54) is 28.6 Å². The second-order valence-electron chi connectivity index (χ2n) is 6.27. The van der Waals surface area contributed by atoms with E-state index in [0.29, 0.717) is 17.3 Å². The molecule has 9 heteroatoms. The monoisotopic (exact) mass is 458 g/mol. The van der Waals surface area contributed by atoms with Crippen LogP contribution in [0.4, 0.5) is 14.5 Å². The second-order valence-corrected chi connectivity index (χ2v) is 9.12. The van der Waals surface area contributed by atoms with Gasteiger partial charge in [0.15, 0.2) is 0 Å². The fourth-order valence-electron chi connectivity index (χ4n) is 2.96. The van der Waals surface area contributed by atoms with Gasteiger partial charge in [0.25, 0.3) is 0 Å². The van der Waals surface area contributed by atoms with Crippen molar-refractivity contribution < 1.29 is 22.0 Å². The van der Waals surface area contributed by atoms with Crippen molar-refractivity contribution in [2.75, 3.05) is 18.4 Å². The number of carbonyl (C=O) groups excluding carboxylic acids is 1. The molecule has 0 unspecified atom stereocenters. The van der Waals surface area contributed by atoms with Gasteiger partial charge in [0, 0.05) is 17.6 Å². The highest BCUT2D eigenvalue weighted by Gasteiger charge is 2.33. The summed E-state index contributed by atoms with van der Waals surface area (Å²) in [6.45, 7) is 0.264. The molecule has 1 amide bonds. The summed E-state index contributed by atoms with van der Waals surface area (Å²) in [5, 5.41) is 2.52. The zero-order valence-electron chi connectivity index (χ0n) is 14.2. The Morgan fingerprint density at radius 1 is 1.15 bits per heavy atom. The first kappa shape index (κ1) is 19.9. The lowest BCUT2D eigenvalue weighted by atomic mass is 9.98. The molecular weight excluding hydrogens is 442 g/mol. The number of rotatable bonds is 4. The van der Waals surface area contributed by atoms with Crippen LogP contribution in [0.25, 0.3) is 0 Å². The average Bonchev–Trinajstić information content (AvgIpc) is 2.64. The number of amides is 1. The van der Waals surface area contributed by atoms with Gasteiger partial charge in [-0.1, -0.05) is 15.9 Å². The molecule has 27 heavy (non-hydrogen) atoms. The predicted molar refractivity (Wildman–Crippen MR) is 101 cm³/mol. The molecule has 2 aromatic carbocycles. The van der Waals surface area contributed by atoms with Gasteiger partial charge in [0.2, 0.25) is 15.9 Å². The molecule has 0 saturated carbocycles. The normalized spacial score (nSPS) is 18.3. The molecule has 0 aliphatic carbocycles. The maximum absolute atomic E-state index is 13.9. The number of nitrogens with zero attached hydrogens (tertiary/aromatic N) is 1. The van der Waals surface area contributed by atoms with Crippen LogP contribution in [0.1, 0.15) is 12.8 Å². The van der Waals surface area contributed by atoms with E-state index in [0.717, 1.165) is 12.1 Å². The summed E-state index contributed by atoms with van der Waals surface area (Å²) in [7, 11) is -3.83. The Morgan fingerprint density at radius 3 is 2.52 bits per heavy atom. The third-order valence-corrected chi connectivity index (χ3v) is 6.77. The number of sulfonamides is 1. The molecule has 0 radical (unpaired) electrons. The van der Waals surface area contributed by atoms with Crippen LogP contribution in [0.15, 0.2) is 51.8 Å². The maximum atomic E-state index is 13.9. The van der Waals surface area contributed by atoms with Crippen molar-refractivity contribution in [3.63, 3.8) is 0 Å². The smallest absolute Gasteiger partial charge is 0.243 e. The highest BCUT2D eigenvalue weighted by atomic mass is 79.9. The third kappa shape index (κ3) is 4.53. The molecule has 5 nitrogen and oxygen atoms in total. The van der Waals surface area contributed by atoms with Gasteiger partial charge in [0.05, 0.1) is 16.5 Å². The minimum Gasteiger partial charge on any atom is -0.323 e. The Kier molecular flexibility index (Phi) is 5.92. The minimum absolute atomic E-state index is 0.0102. The molecule has 1 atom stereocenters. The molecule has 0 spiro atoms. The molecule has 144 valence electrons. The maximum Gasteiger partial charge on any atom is 0.243 e. The first-order chi connectivity index (χ1) is 12.8. The molecule has 0 aromatic heterocycles. The topological polar surface area (TPSA) is 66.5 Å². The molecule has 1 saturated heterocycles. The van der Waals surface area contributed by atoms with Crippen LogP contribution in [0.5, 0.6) is 0 Å². The van der Waals surface area contributed by atoms with Crippen LogP contribution in [-0.2, 0) is 14.8 Å². The third-order valence-electron chi connectivity index (χ3n) is 4.40. The Hall–Kier alpha value is -1.84. The van der Waals surface area contributed by atoms with Crippen LogP contribution < -0.4 is 5.32 Å². The van der Waals surface area contributed by atoms with E-state index in [4.69, 9.17) is 0 Å². The number of carbonyl (C=O) groups is 1. The minimum atomic E-state index is -3.83. The van der Waals surface area contributed by atoms with Gasteiger partial charge < -0.3 is 5.32 Å². The van der Waals surface area contributed by atoms with Crippen molar-refractivity contribution >= 4 is 37.5 Å². The van der Waals surface area contributed by atoms with Crippen LogP contribution in [0, 0.1) is 17.6 Å². The summed E-state index contributed by atoms with van der Waals surface area (Å²) >= 11 is 3.15. The summed E-state index contributed by atoms with van der Waals surface area (Å²) in [5.41, 5.74) is 0.0433. The Labute approximate surface area is 164 Å². The number of hydrogen-bond acceptors (Lipinski definition) is 3. The Morgan fingerprint density at radius 2 is 1.85 bits per heavy atom. The summed E-state index contributed by atoms with van der Waals surface area (Å²) < 4.78 is 54.2. The van der Waals surface area contributed by atoms with Gasteiger partial charge in [-0.25, -0.2) is 17.2 Å². The van der Waals surface area contributed by atoms with Gasteiger partial charge in [-0.3, -0.25) is 4.79 Å². The van der Waals surface area contributed by atoms with Gasteiger partial charge in [-0.2, -0.15) is 4.31 Å².